The molecule has 5 rings (SSSR count). The summed E-state index contributed by atoms with van der Waals surface area (Å²) in [5, 5.41) is 1.85. The second-order valence-electron chi connectivity index (χ2n) is 8.98. The summed E-state index contributed by atoms with van der Waals surface area (Å²) in [6.45, 7) is 3.11. The lowest BCUT2D eigenvalue weighted by molar-refractivity contribution is -0.115. The first-order valence-electron chi connectivity index (χ1n) is 12.4. The number of nitrogens with one attached hydrogen (secondary N) is 1. The van der Waals surface area contributed by atoms with E-state index in [0.717, 1.165) is 17.3 Å². The van der Waals surface area contributed by atoms with Gasteiger partial charge >= 0.3 is 6.09 Å². The summed E-state index contributed by atoms with van der Waals surface area (Å²) < 4.78 is 17.6. The monoisotopic (exact) mass is 546 g/mol. The van der Waals surface area contributed by atoms with Crippen LogP contribution >= 0.6 is 11.8 Å². The highest BCUT2D eigenvalue weighted by Gasteiger charge is 2.27. The SMILES string of the molecule is Cc1c(Oc2cccc(/C=C3\SC(=O)NC3=O)c2)ncnc1OC1CCN(C(=O)OCc2ccccc2)CC1. The molecule has 2 aromatic carbocycles. The highest BCUT2D eigenvalue weighted by atomic mass is 32.2. The van der Waals surface area contributed by atoms with E-state index >= 15 is 0 Å². The van der Waals surface area contributed by atoms with Gasteiger partial charge in [-0.05, 0) is 48.0 Å². The zero-order chi connectivity index (χ0) is 27.2. The number of carbonyl (C=O) groups excluding carboxylic acids is 3. The molecule has 39 heavy (non-hydrogen) atoms. The number of likely N-dealkylation sites (tertiary alicyclic amines) is 1. The van der Waals surface area contributed by atoms with E-state index in [2.05, 4.69) is 15.3 Å². The number of benzene rings is 2. The number of carbonyl (C=O) groups is 3. The number of rotatable bonds is 7. The lowest BCUT2D eigenvalue weighted by Gasteiger charge is -2.31. The van der Waals surface area contributed by atoms with Gasteiger partial charge in [-0.1, -0.05) is 42.5 Å². The van der Waals surface area contributed by atoms with Gasteiger partial charge in [-0.2, -0.15) is 0 Å². The third-order valence-corrected chi connectivity index (χ3v) is 7.00. The number of imide groups is 1. The molecule has 1 N–H and O–H groups in total. The molecule has 11 heteroatoms. The minimum absolute atomic E-state index is 0.114. The van der Waals surface area contributed by atoms with Crippen molar-refractivity contribution in [3.05, 3.63) is 82.5 Å². The maximum atomic E-state index is 12.4. The second kappa shape index (κ2) is 12.0. The lowest BCUT2D eigenvalue weighted by Crippen LogP contribution is -2.42. The van der Waals surface area contributed by atoms with Gasteiger partial charge in [0.15, 0.2) is 0 Å². The summed E-state index contributed by atoms with van der Waals surface area (Å²) in [4.78, 5) is 46.2. The third kappa shape index (κ3) is 6.74. The molecule has 2 saturated heterocycles. The predicted molar refractivity (Wildman–Crippen MR) is 144 cm³/mol. The van der Waals surface area contributed by atoms with Crippen molar-refractivity contribution in [3.8, 4) is 17.5 Å². The quantitative estimate of drug-likeness (QED) is 0.405. The van der Waals surface area contributed by atoms with E-state index in [1.54, 1.807) is 29.2 Å². The number of hydrogen-bond acceptors (Lipinski definition) is 9. The van der Waals surface area contributed by atoms with E-state index in [-0.39, 0.29) is 18.8 Å². The first-order chi connectivity index (χ1) is 18.9. The standard InChI is InChI=1S/C28H26N4O6S/c1-18-25(37-21-10-12-32(13-11-21)28(35)36-16-19-6-3-2-4-7-19)29-17-30-26(18)38-22-9-5-8-20(14-22)15-23-24(33)31-27(34)39-23/h2-9,14-15,17,21H,10-13,16H2,1H3,(H,31,33,34)/b23-15-. The van der Waals surface area contributed by atoms with Gasteiger partial charge in [0, 0.05) is 25.9 Å². The van der Waals surface area contributed by atoms with Crippen LogP contribution in [0.25, 0.3) is 6.08 Å². The summed E-state index contributed by atoms with van der Waals surface area (Å²) >= 11 is 0.857. The van der Waals surface area contributed by atoms with E-state index < -0.39 is 11.1 Å². The zero-order valence-corrected chi connectivity index (χ0v) is 22.0. The van der Waals surface area contributed by atoms with Gasteiger partial charge in [0.2, 0.25) is 11.8 Å². The molecule has 0 radical (unpaired) electrons. The molecule has 0 saturated carbocycles. The zero-order valence-electron chi connectivity index (χ0n) is 21.2. The third-order valence-electron chi connectivity index (χ3n) is 6.19. The molecule has 2 aliphatic rings. The number of nitrogens with zero attached hydrogens (tertiary/aromatic N) is 3. The first-order valence-corrected chi connectivity index (χ1v) is 13.2. The molecular weight excluding hydrogens is 520 g/mol. The Bertz CT molecular complexity index is 1410. The summed E-state index contributed by atoms with van der Waals surface area (Å²) in [6, 6.07) is 16.7. The molecule has 2 fully saturated rings. The fourth-order valence-corrected chi connectivity index (χ4v) is 4.80. The average Bonchev–Trinajstić information content (AvgIpc) is 3.26. The molecule has 1 aromatic heterocycles. The number of aromatic nitrogens is 2. The van der Waals surface area contributed by atoms with Crippen LogP contribution in [0.15, 0.2) is 65.8 Å². The Kier molecular flexibility index (Phi) is 8.07. The fraction of sp³-hybridized carbons (Fsp3) is 0.250. The Morgan fingerprint density at radius 1 is 1.08 bits per heavy atom. The Balaban J connectivity index is 1.16. The normalized spacial score (nSPS) is 16.7. The Morgan fingerprint density at radius 3 is 2.59 bits per heavy atom. The summed E-state index contributed by atoms with van der Waals surface area (Å²) in [5.41, 5.74) is 2.29. The number of piperidine rings is 1. The van der Waals surface area contributed by atoms with E-state index in [4.69, 9.17) is 14.2 Å². The van der Waals surface area contributed by atoms with Crippen LogP contribution in [0.4, 0.5) is 9.59 Å². The number of ether oxygens (including phenoxy) is 3. The van der Waals surface area contributed by atoms with Crippen molar-refractivity contribution in [2.75, 3.05) is 13.1 Å². The highest BCUT2D eigenvalue weighted by molar-refractivity contribution is 8.18. The highest BCUT2D eigenvalue weighted by Crippen LogP contribution is 2.31. The van der Waals surface area contributed by atoms with Crippen LogP contribution in [-0.4, -0.2) is 51.3 Å². The van der Waals surface area contributed by atoms with Crippen LogP contribution in [0.1, 0.15) is 29.5 Å². The molecule has 0 bridgehead atoms. The number of amides is 3. The van der Waals surface area contributed by atoms with Gasteiger partial charge in [-0.3, -0.25) is 14.9 Å². The minimum Gasteiger partial charge on any atom is -0.474 e. The van der Waals surface area contributed by atoms with Crippen molar-refractivity contribution in [3.63, 3.8) is 0 Å². The molecular formula is C28H26N4O6S. The van der Waals surface area contributed by atoms with Crippen LogP contribution in [0.2, 0.25) is 0 Å². The van der Waals surface area contributed by atoms with E-state index in [9.17, 15) is 14.4 Å². The topological polar surface area (TPSA) is 120 Å². The maximum Gasteiger partial charge on any atom is 0.410 e. The Hall–Kier alpha value is -4.38. The van der Waals surface area contributed by atoms with Gasteiger partial charge in [0.25, 0.3) is 11.1 Å². The van der Waals surface area contributed by atoms with Gasteiger partial charge in [0.1, 0.15) is 24.8 Å². The molecule has 0 atom stereocenters. The van der Waals surface area contributed by atoms with Crippen LogP contribution in [0, 0.1) is 6.92 Å². The van der Waals surface area contributed by atoms with Gasteiger partial charge < -0.3 is 19.1 Å². The fourth-order valence-electron chi connectivity index (χ4n) is 4.12. The number of thioether (sulfide) groups is 1. The van der Waals surface area contributed by atoms with Gasteiger partial charge in [-0.25, -0.2) is 14.8 Å². The largest absolute Gasteiger partial charge is 0.474 e. The first kappa shape index (κ1) is 26.2. The van der Waals surface area contributed by atoms with E-state index in [1.807, 2.05) is 43.3 Å². The minimum atomic E-state index is -0.417. The molecule has 200 valence electrons. The second-order valence-corrected chi connectivity index (χ2v) is 9.99. The molecule has 3 aromatic rings. The maximum absolute atomic E-state index is 12.4. The van der Waals surface area contributed by atoms with Crippen molar-refractivity contribution < 1.29 is 28.6 Å². The molecule has 0 aliphatic carbocycles. The van der Waals surface area contributed by atoms with Crippen molar-refractivity contribution in [1.29, 1.82) is 0 Å². The summed E-state index contributed by atoms with van der Waals surface area (Å²) in [7, 11) is 0. The van der Waals surface area contributed by atoms with Crippen LogP contribution < -0.4 is 14.8 Å². The summed E-state index contributed by atoms with van der Waals surface area (Å²) in [6.07, 6.45) is 3.85. The van der Waals surface area contributed by atoms with Crippen LogP contribution in [0.3, 0.4) is 0 Å². The molecule has 3 heterocycles. The van der Waals surface area contributed by atoms with Crippen LogP contribution in [0.5, 0.6) is 17.5 Å². The van der Waals surface area contributed by atoms with E-state index in [1.165, 1.54) is 6.33 Å². The smallest absolute Gasteiger partial charge is 0.410 e. The van der Waals surface area contributed by atoms with Gasteiger partial charge in [0.05, 0.1) is 10.5 Å². The molecule has 3 amide bonds. The number of hydrogen-bond donors (Lipinski definition) is 1. The molecule has 2 aliphatic heterocycles. The summed E-state index contributed by atoms with van der Waals surface area (Å²) in [5.74, 6) is 0.852. The Morgan fingerprint density at radius 2 is 1.85 bits per heavy atom. The Labute approximate surface area is 229 Å². The predicted octanol–water partition coefficient (Wildman–Crippen LogP) is 5.08. The molecule has 10 nitrogen and oxygen atoms in total. The molecule has 0 unspecified atom stereocenters. The average molecular weight is 547 g/mol. The lowest BCUT2D eigenvalue weighted by atomic mass is 10.1. The van der Waals surface area contributed by atoms with E-state index in [0.29, 0.717) is 59.5 Å². The van der Waals surface area contributed by atoms with Gasteiger partial charge in [-0.15, -0.1) is 0 Å². The van der Waals surface area contributed by atoms with Crippen molar-refractivity contribution in [2.45, 2.75) is 32.5 Å². The van der Waals surface area contributed by atoms with Crippen LogP contribution in [-0.2, 0) is 16.1 Å². The van der Waals surface area contributed by atoms with Crippen molar-refractivity contribution >= 4 is 35.1 Å². The van der Waals surface area contributed by atoms with Crippen molar-refractivity contribution in [1.82, 2.24) is 20.2 Å². The van der Waals surface area contributed by atoms with Crippen molar-refractivity contribution in [2.24, 2.45) is 0 Å². The molecule has 0 spiro atoms.